The molecule has 9 heteroatoms. The molecule has 0 bridgehead atoms. The molecule has 0 unspecified atom stereocenters. The summed E-state index contributed by atoms with van der Waals surface area (Å²) in [7, 11) is -3.60. The molecule has 0 radical (unpaired) electrons. The fraction of sp³-hybridized carbons (Fsp3) is 0.306. The highest BCUT2D eigenvalue weighted by Crippen LogP contribution is 2.23. The van der Waals surface area contributed by atoms with Gasteiger partial charge in [-0.15, -0.1) is 0 Å². The van der Waals surface area contributed by atoms with Crippen LogP contribution in [0.1, 0.15) is 62.2 Å². The summed E-state index contributed by atoms with van der Waals surface area (Å²) in [5, 5.41) is 4.70. The molecule has 1 N–H and O–H groups in total. The Morgan fingerprint density at radius 3 is 2.13 bits per heavy atom. The average molecular weight is 624 g/mol. The van der Waals surface area contributed by atoms with Gasteiger partial charge in [0.15, 0.2) is 0 Å². The number of pyridine rings is 1. The van der Waals surface area contributed by atoms with E-state index in [4.69, 9.17) is 5.10 Å². The third-order valence-electron chi connectivity index (χ3n) is 7.79. The van der Waals surface area contributed by atoms with Crippen LogP contribution in [0.3, 0.4) is 0 Å². The molecule has 5 aromatic rings. The minimum Gasteiger partial charge on any atom is -0.279 e. The summed E-state index contributed by atoms with van der Waals surface area (Å²) in [6.07, 6.45) is 2.40. The van der Waals surface area contributed by atoms with Gasteiger partial charge in [-0.25, -0.2) is 22.9 Å². The van der Waals surface area contributed by atoms with Crippen molar-refractivity contribution in [1.82, 2.24) is 19.3 Å². The Bertz CT molecular complexity index is 1890. The van der Waals surface area contributed by atoms with Crippen molar-refractivity contribution >= 4 is 15.8 Å². The lowest BCUT2D eigenvalue weighted by Gasteiger charge is -2.19. The number of aromatic nitrogens is 4. The first-order valence-corrected chi connectivity index (χ1v) is 17.0. The van der Waals surface area contributed by atoms with Gasteiger partial charge in [0.25, 0.3) is 0 Å². The summed E-state index contributed by atoms with van der Waals surface area (Å²) in [4.78, 5) is 17.6. The van der Waals surface area contributed by atoms with Crippen LogP contribution in [-0.2, 0) is 47.1 Å². The second-order valence-corrected chi connectivity index (χ2v) is 14.1. The highest BCUT2D eigenvalue weighted by molar-refractivity contribution is 7.91. The predicted molar refractivity (Wildman–Crippen MR) is 181 cm³/mol. The smallest absolute Gasteiger partial charge is 0.279 e. The number of hydrogen-bond acceptors (Lipinski definition) is 5. The molecule has 5 rings (SSSR count). The van der Waals surface area contributed by atoms with E-state index in [1.165, 1.54) is 11.1 Å². The van der Waals surface area contributed by atoms with E-state index in [-0.39, 0.29) is 22.7 Å². The lowest BCUT2D eigenvalue weighted by molar-refractivity contribution is 0.588. The third kappa shape index (κ3) is 8.36. The van der Waals surface area contributed by atoms with E-state index in [9.17, 15) is 13.2 Å². The van der Waals surface area contributed by atoms with Crippen molar-refractivity contribution in [1.29, 1.82) is 0 Å². The number of nitrogens with one attached hydrogen (secondary N) is 1. The van der Waals surface area contributed by atoms with Crippen LogP contribution < -0.4 is 10.4 Å². The highest BCUT2D eigenvalue weighted by Gasteiger charge is 2.16. The second-order valence-electron chi connectivity index (χ2n) is 12.4. The maximum atomic E-state index is 13.1. The Labute approximate surface area is 265 Å². The van der Waals surface area contributed by atoms with Gasteiger partial charge in [-0.1, -0.05) is 106 Å². The molecule has 0 spiro atoms. The van der Waals surface area contributed by atoms with Crippen LogP contribution in [0, 0.1) is 0 Å². The van der Waals surface area contributed by atoms with Crippen molar-refractivity contribution in [3.05, 3.63) is 136 Å². The summed E-state index contributed by atoms with van der Waals surface area (Å²) >= 11 is 0. The summed E-state index contributed by atoms with van der Waals surface area (Å²) in [6.45, 7) is 9.58. The zero-order valence-corrected chi connectivity index (χ0v) is 27.2. The molecule has 2 heterocycles. The topological polar surface area (TPSA) is 98.9 Å². The molecule has 2 aromatic heterocycles. The largest absolute Gasteiger partial charge is 0.346 e. The molecule has 0 atom stereocenters. The summed E-state index contributed by atoms with van der Waals surface area (Å²) in [5.41, 5.74) is 5.80. The number of hydrogen-bond donors (Lipinski definition) is 1. The van der Waals surface area contributed by atoms with Crippen molar-refractivity contribution in [2.75, 3.05) is 4.72 Å². The van der Waals surface area contributed by atoms with E-state index >= 15 is 0 Å². The van der Waals surface area contributed by atoms with Crippen molar-refractivity contribution in [2.24, 2.45) is 0 Å². The Morgan fingerprint density at radius 2 is 1.47 bits per heavy atom. The van der Waals surface area contributed by atoms with Crippen LogP contribution in [0.5, 0.6) is 0 Å². The second kappa shape index (κ2) is 13.6. The zero-order chi connectivity index (χ0) is 32.0. The number of sulfonamides is 1. The van der Waals surface area contributed by atoms with Gasteiger partial charge >= 0.3 is 5.69 Å². The third-order valence-corrected chi connectivity index (χ3v) is 9.03. The number of rotatable bonds is 12. The molecule has 0 aliphatic heterocycles. The number of nitrogens with zero attached hydrogens (tertiary/aromatic N) is 4. The monoisotopic (exact) mass is 623 g/mol. The van der Waals surface area contributed by atoms with Crippen molar-refractivity contribution in [3.8, 4) is 11.3 Å². The van der Waals surface area contributed by atoms with Crippen LogP contribution in [0.25, 0.3) is 11.3 Å². The molecular weight excluding hydrogens is 582 g/mol. The molecule has 0 amide bonds. The van der Waals surface area contributed by atoms with Crippen LogP contribution in [0.4, 0.5) is 5.82 Å². The van der Waals surface area contributed by atoms with E-state index in [1.807, 2.05) is 43.3 Å². The SMILES string of the molecule is CCn1c(CCCc2ccc(-c3cccc(NS(=O)(=O)Cc4ccccc4)n3)cc2)nn(Cc2ccc(C(C)(C)C)cc2)c1=O. The van der Waals surface area contributed by atoms with Crippen LogP contribution in [0.15, 0.2) is 102 Å². The first-order chi connectivity index (χ1) is 21.5. The van der Waals surface area contributed by atoms with E-state index in [2.05, 4.69) is 66.9 Å². The van der Waals surface area contributed by atoms with Gasteiger partial charge in [0.05, 0.1) is 18.0 Å². The van der Waals surface area contributed by atoms with E-state index in [1.54, 1.807) is 33.5 Å². The summed E-state index contributed by atoms with van der Waals surface area (Å²) in [5.74, 6) is 0.978. The maximum absolute atomic E-state index is 13.1. The first kappa shape index (κ1) is 31.9. The van der Waals surface area contributed by atoms with Crippen molar-refractivity contribution < 1.29 is 8.42 Å². The van der Waals surface area contributed by atoms with Crippen LogP contribution in [0.2, 0.25) is 0 Å². The Balaban J connectivity index is 1.19. The Kier molecular flexibility index (Phi) is 9.68. The fourth-order valence-electron chi connectivity index (χ4n) is 5.31. The number of aryl methyl sites for hydroxylation is 2. The van der Waals surface area contributed by atoms with E-state index < -0.39 is 10.0 Å². The number of anilines is 1. The van der Waals surface area contributed by atoms with Gasteiger partial charge in [-0.05, 0) is 59.6 Å². The molecule has 234 valence electrons. The molecule has 0 aliphatic rings. The molecule has 45 heavy (non-hydrogen) atoms. The molecule has 0 saturated heterocycles. The average Bonchev–Trinajstić information content (AvgIpc) is 3.30. The van der Waals surface area contributed by atoms with Gasteiger partial charge in [0, 0.05) is 18.5 Å². The molecule has 8 nitrogen and oxygen atoms in total. The molecule has 0 aliphatic carbocycles. The molecular formula is C36H41N5O3S. The van der Waals surface area contributed by atoms with Crippen LogP contribution >= 0.6 is 0 Å². The standard InChI is InChI=1S/C36H41N5O3S/c1-5-40-34(38-41(35(40)42)25-28-19-23-31(24-20-28)36(2,3)4)16-9-13-27-17-21-30(22-18-27)32-14-10-15-33(37-32)39-45(43,44)26-29-11-7-6-8-12-29/h6-8,10-12,14-15,17-24H,5,9,13,16,25-26H2,1-4H3,(H,37,39). The zero-order valence-electron chi connectivity index (χ0n) is 26.4. The quantitative estimate of drug-likeness (QED) is 0.169. The predicted octanol–water partition coefficient (Wildman–Crippen LogP) is 6.59. The molecule has 0 saturated carbocycles. The maximum Gasteiger partial charge on any atom is 0.346 e. The van der Waals surface area contributed by atoms with Gasteiger partial charge in [-0.3, -0.25) is 9.29 Å². The van der Waals surface area contributed by atoms with Gasteiger partial charge in [0.2, 0.25) is 10.0 Å². The van der Waals surface area contributed by atoms with Crippen molar-refractivity contribution in [3.63, 3.8) is 0 Å². The van der Waals surface area contributed by atoms with Crippen LogP contribution in [-0.4, -0.2) is 27.7 Å². The van der Waals surface area contributed by atoms with Gasteiger partial charge in [-0.2, -0.15) is 5.10 Å². The molecule has 3 aromatic carbocycles. The van der Waals surface area contributed by atoms with E-state index in [0.29, 0.717) is 30.8 Å². The number of benzene rings is 3. The summed E-state index contributed by atoms with van der Waals surface area (Å²) in [6, 6.07) is 30.9. The lowest BCUT2D eigenvalue weighted by atomic mass is 9.87. The fourth-order valence-corrected chi connectivity index (χ4v) is 6.44. The van der Waals surface area contributed by atoms with Gasteiger partial charge in [0.1, 0.15) is 11.6 Å². The first-order valence-electron chi connectivity index (χ1n) is 15.4. The minimum atomic E-state index is -3.60. The highest BCUT2D eigenvalue weighted by atomic mass is 32.2. The Hall–Kier alpha value is -4.50. The van der Waals surface area contributed by atoms with Gasteiger partial charge < -0.3 is 0 Å². The lowest BCUT2D eigenvalue weighted by Crippen LogP contribution is -2.25. The minimum absolute atomic E-state index is 0.0752. The summed E-state index contributed by atoms with van der Waals surface area (Å²) < 4.78 is 31.3. The Morgan fingerprint density at radius 1 is 0.778 bits per heavy atom. The van der Waals surface area contributed by atoms with Crippen molar-refractivity contribution in [2.45, 2.75) is 71.2 Å². The normalized spacial score (nSPS) is 11.9. The molecule has 0 fully saturated rings. The van der Waals surface area contributed by atoms with E-state index in [0.717, 1.165) is 29.8 Å².